The summed E-state index contributed by atoms with van der Waals surface area (Å²) in [6, 6.07) is 4.46. The summed E-state index contributed by atoms with van der Waals surface area (Å²) in [5, 5.41) is 8.50. The number of anilines is 2. The minimum atomic E-state index is -4.50. The maximum absolute atomic E-state index is 12.8. The van der Waals surface area contributed by atoms with Crippen LogP contribution in [0.1, 0.15) is 12.0 Å². The number of nitrogens with one attached hydrogen (secondary N) is 2. The van der Waals surface area contributed by atoms with Gasteiger partial charge in [-0.1, -0.05) is 6.07 Å². The molecule has 1 saturated heterocycles. The number of aromatic nitrogens is 3. The summed E-state index contributed by atoms with van der Waals surface area (Å²) in [7, 11) is 0. The highest BCUT2D eigenvalue weighted by molar-refractivity contribution is 6.03. The summed E-state index contributed by atoms with van der Waals surface area (Å²) >= 11 is 0. The van der Waals surface area contributed by atoms with Gasteiger partial charge in [-0.2, -0.15) is 23.3 Å². The Morgan fingerprint density at radius 3 is 2.83 bits per heavy atom. The van der Waals surface area contributed by atoms with Gasteiger partial charge in [-0.05, 0) is 18.2 Å². The number of carbonyl (C=O) groups excluding carboxylic acids is 2. The number of nitrogens with zero attached hydrogens (tertiary/aromatic N) is 3. The first-order valence-corrected chi connectivity index (χ1v) is 6.98. The van der Waals surface area contributed by atoms with Crippen LogP contribution < -0.4 is 10.2 Å². The van der Waals surface area contributed by atoms with Crippen LogP contribution in [0.2, 0.25) is 0 Å². The first kappa shape index (κ1) is 16.0. The van der Waals surface area contributed by atoms with E-state index in [1.165, 1.54) is 23.4 Å². The summed E-state index contributed by atoms with van der Waals surface area (Å²) in [5.41, 5.74) is -0.729. The SMILES string of the molecule is O=C(Nc1ncn[nH]1)[C@@H]1CC(=O)N(c2cccc(C(F)(F)F)c2)C1. The van der Waals surface area contributed by atoms with Crippen LogP contribution in [-0.4, -0.2) is 33.5 Å². The molecular formula is C14H12F3N5O2. The van der Waals surface area contributed by atoms with E-state index in [0.717, 1.165) is 12.1 Å². The number of alkyl halides is 3. The number of amides is 2. The molecule has 24 heavy (non-hydrogen) atoms. The Labute approximate surface area is 133 Å². The van der Waals surface area contributed by atoms with Gasteiger partial charge in [0.1, 0.15) is 6.33 Å². The van der Waals surface area contributed by atoms with Gasteiger partial charge in [0.25, 0.3) is 0 Å². The molecule has 1 aromatic heterocycles. The third-order valence-corrected chi connectivity index (χ3v) is 3.64. The molecule has 1 fully saturated rings. The fourth-order valence-corrected chi connectivity index (χ4v) is 2.47. The second-order valence-corrected chi connectivity index (χ2v) is 5.28. The Kier molecular flexibility index (Phi) is 3.96. The second kappa shape index (κ2) is 5.95. The molecular weight excluding hydrogens is 327 g/mol. The van der Waals surface area contributed by atoms with Crippen molar-refractivity contribution in [1.29, 1.82) is 0 Å². The van der Waals surface area contributed by atoms with E-state index in [-0.39, 0.29) is 24.6 Å². The summed E-state index contributed by atoms with van der Waals surface area (Å²) < 4.78 is 38.4. The first-order chi connectivity index (χ1) is 11.3. The average Bonchev–Trinajstić information content (AvgIpc) is 3.16. The lowest BCUT2D eigenvalue weighted by atomic mass is 10.1. The average molecular weight is 339 g/mol. The number of H-pyrrole nitrogens is 1. The number of benzene rings is 1. The van der Waals surface area contributed by atoms with Crippen LogP contribution >= 0.6 is 0 Å². The van der Waals surface area contributed by atoms with Gasteiger partial charge in [0.05, 0.1) is 11.5 Å². The van der Waals surface area contributed by atoms with Gasteiger partial charge in [-0.25, -0.2) is 5.10 Å². The lowest BCUT2D eigenvalue weighted by Crippen LogP contribution is -2.28. The van der Waals surface area contributed by atoms with Gasteiger partial charge in [0, 0.05) is 18.7 Å². The van der Waals surface area contributed by atoms with Gasteiger partial charge in [-0.3, -0.25) is 14.9 Å². The zero-order chi connectivity index (χ0) is 17.3. The van der Waals surface area contributed by atoms with Crippen molar-refractivity contribution >= 4 is 23.5 Å². The molecule has 2 heterocycles. The second-order valence-electron chi connectivity index (χ2n) is 5.28. The number of hydrogen-bond donors (Lipinski definition) is 2. The molecule has 126 valence electrons. The van der Waals surface area contributed by atoms with E-state index in [1.54, 1.807) is 0 Å². The van der Waals surface area contributed by atoms with E-state index in [9.17, 15) is 22.8 Å². The Morgan fingerprint density at radius 2 is 2.17 bits per heavy atom. The predicted molar refractivity (Wildman–Crippen MR) is 76.9 cm³/mol. The van der Waals surface area contributed by atoms with Crippen molar-refractivity contribution in [2.45, 2.75) is 12.6 Å². The molecule has 0 bridgehead atoms. The van der Waals surface area contributed by atoms with E-state index in [2.05, 4.69) is 20.5 Å². The summed E-state index contributed by atoms with van der Waals surface area (Å²) in [6.07, 6.45) is -3.37. The maximum Gasteiger partial charge on any atom is 0.416 e. The van der Waals surface area contributed by atoms with Crippen molar-refractivity contribution in [3.63, 3.8) is 0 Å². The Bertz CT molecular complexity index is 760. The van der Waals surface area contributed by atoms with Crippen LogP contribution in [-0.2, 0) is 15.8 Å². The maximum atomic E-state index is 12.8. The molecule has 1 aliphatic heterocycles. The smallest absolute Gasteiger partial charge is 0.312 e. The standard InChI is InChI=1S/C14H12F3N5O2/c15-14(16,17)9-2-1-3-10(5-9)22-6-8(4-11(22)23)12(24)20-13-18-7-19-21-13/h1-3,5,7-8H,4,6H2,(H2,18,19,20,21,24)/t8-/m1/s1. The fourth-order valence-electron chi connectivity index (χ4n) is 2.47. The minimum absolute atomic E-state index is 0.000113. The van der Waals surface area contributed by atoms with Crippen LogP contribution in [0.4, 0.5) is 24.8 Å². The molecule has 0 unspecified atom stereocenters. The number of aromatic amines is 1. The van der Waals surface area contributed by atoms with E-state index in [4.69, 9.17) is 0 Å². The van der Waals surface area contributed by atoms with Crippen molar-refractivity contribution in [3.05, 3.63) is 36.2 Å². The highest BCUT2D eigenvalue weighted by Gasteiger charge is 2.37. The lowest BCUT2D eigenvalue weighted by Gasteiger charge is -2.18. The van der Waals surface area contributed by atoms with Gasteiger partial charge in [0.15, 0.2) is 0 Å². The zero-order valence-corrected chi connectivity index (χ0v) is 12.2. The molecule has 0 spiro atoms. The molecule has 0 radical (unpaired) electrons. The highest BCUT2D eigenvalue weighted by atomic mass is 19.4. The van der Waals surface area contributed by atoms with Gasteiger partial charge < -0.3 is 4.90 Å². The molecule has 2 N–H and O–H groups in total. The monoisotopic (exact) mass is 339 g/mol. The summed E-state index contributed by atoms with van der Waals surface area (Å²) in [5.74, 6) is -1.40. The molecule has 1 atom stereocenters. The van der Waals surface area contributed by atoms with Crippen LogP contribution in [0.15, 0.2) is 30.6 Å². The Hall–Kier alpha value is -2.91. The number of carbonyl (C=O) groups is 2. The third kappa shape index (κ3) is 3.21. The molecule has 3 rings (SSSR count). The van der Waals surface area contributed by atoms with Crippen LogP contribution in [0.5, 0.6) is 0 Å². The minimum Gasteiger partial charge on any atom is -0.312 e. The largest absolute Gasteiger partial charge is 0.416 e. The fraction of sp³-hybridized carbons (Fsp3) is 0.286. The third-order valence-electron chi connectivity index (χ3n) is 3.64. The molecule has 7 nitrogen and oxygen atoms in total. The van der Waals surface area contributed by atoms with Gasteiger partial charge in [0.2, 0.25) is 17.8 Å². The molecule has 2 aromatic rings. The first-order valence-electron chi connectivity index (χ1n) is 6.98. The lowest BCUT2D eigenvalue weighted by molar-refractivity contribution is -0.137. The van der Waals surface area contributed by atoms with Crippen LogP contribution in [0.3, 0.4) is 0 Å². The zero-order valence-electron chi connectivity index (χ0n) is 12.2. The highest BCUT2D eigenvalue weighted by Crippen LogP contribution is 2.33. The van der Waals surface area contributed by atoms with Gasteiger partial charge >= 0.3 is 6.18 Å². The number of hydrogen-bond acceptors (Lipinski definition) is 4. The van der Waals surface area contributed by atoms with Crippen molar-refractivity contribution in [2.75, 3.05) is 16.8 Å². The summed E-state index contributed by atoms with van der Waals surface area (Å²) in [6.45, 7) is 0.000113. The van der Waals surface area contributed by atoms with E-state index in [1.807, 2.05) is 0 Å². The van der Waals surface area contributed by atoms with Gasteiger partial charge in [-0.15, -0.1) is 0 Å². The number of rotatable bonds is 3. The Morgan fingerprint density at radius 1 is 1.38 bits per heavy atom. The molecule has 1 aliphatic rings. The quantitative estimate of drug-likeness (QED) is 0.892. The molecule has 10 heteroatoms. The van der Waals surface area contributed by atoms with E-state index < -0.39 is 29.5 Å². The van der Waals surface area contributed by atoms with Crippen molar-refractivity contribution in [3.8, 4) is 0 Å². The van der Waals surface area contributed by atoms with Crippen molar-refractivity contribution < 1.29 is 22.8 Å². The van der Waals surface area contributed by atoms with Crippen molar-refractivity contribution in [2.24, 2.45) is 5.92 Å². The number of halogens is 3. The van der Waals surface area contributed by atoms with Crippen LogP contribution in [0.25, 0.3) is 0 Å². The predicted octanol–water partition coefficient (Wildman–Crippen LogP) is 1.82. The topological polar surface area (TPSA) is 91.0 Å². The van der Waals surface area contributed by atoms with E-state index in [0.29, 0.717) is 0 Å². The molecule has 2 amide bonds. The van der Waals surface area contributed by atoms with E-state index >= 15 is 0 Å². The molecule has 1 aromatic carbocycles. The summed E-state index contributed by atoms with van der Waals surface area (Å²) in [4.78, 5) is 29.1. The van der Waals surface area contributed by atoms with Crippen LogP contribution in [0, 0.1) is 5.92 Å². The van der Waals surface area contributed by atoms with Crippen molar-refractivity contribution in [1.82, 2.24) is 15.2 Å². The Balaban J connectivity index is 1.74. The molecule has 0 saturated carbocycles. The normalized spacial score (nSPS) is 18.0. The molecule has 0 aliphatic carbocycles.